The molecule has 1 aromatic heterocycles. The summed E-state index contributed by atoms with van der Waals surface area (Å²) in [5, 5.41) is 15.4. The van der Waals surface area contributed by atoms with E-state index in [1.54, 1.807) is 62.3 Å². The summed E-state index contributed by atoms with van der Waals surface area (Å²) in [7, 11) is 7.13. The van der Waals surface area contributed by atoms with Crippen LogP contribution in [-0.4, -0.2) is 68.2 Å². The van der Waals surface area contributed by atoms with Gasteiger partial charge in [0.1, 0.15) is 17.5 Å². The van der Waals surface area contributed by atoms with E-state index in [1.165, 1.54) is 38.8 Å². The van der Waals surface area contributed by atoms with Gasteiger partial charge in [-0.2, -0.15) is 13.2 Å². The summed E-state index contributed by atoms with van der Waals surface area (Å²) in [6.45, 7) is 6.86. The van der Waals surface area contributed by atoms with E-state index in [2.05, 4.69) is 34.4 Å². The van der Waals surface area contributed by atoms with Crippen molar-refractivity contribution in [1.82, 2.24) is 15.3 Å². The van der Waals surface area contributed by atoms with Crippen molar-refractivity contribution in [3.8, 4) is 0 Å². The van der Waals surface area contributed by atoms with E-state index in [0.29, 0.717) is 35.1 Å². The molecule has 0 radical (unpaired) electrons. The Morgan fingerprint density at radius 3 is 1.76 bits per heavy atom. The molecular weight excluding hydrogens is 585 g/mol. The maximum absolute atomic E-state index is 12.7. The first-order valence-corrected chi connectivity index (χ1v) is 15.0. The number of halogens is 3. The average molecular weight is 631 g/mol. The Balaban J connectivity index is 0.000000681. The molecule has 3 N–H and O–H groups in total. The van der Waals surface area contributed by atoms with Gasteiger partial charge in [-0.15, -0.1) is 0 Å². The van der Waals surface area contributed by atoms with E-state index in [9.17, 15) is 27.9 Å². The molecular formula is C33H45F3N6O3. The van der Waals surface area contributed by atoms with Gasteiger partial charge in [0.25, 0.3) is 5.91 Å². The van der Waals surface area contributed by atoms with Crippen molar-refractivity contribution in [2.75, 3.05) is 56.4 Å². The molecule has 9 nitrogen and oxygen atoms in total. The molecule has 0 aliphatic rings. The largest absolute Gasteiger partial charge is 0.481 e. The van der Waals surface area contributed by atoms with Crippen LogP contribution in [0.15, 0.2) is 48.5 Å². The standard InChI is InChI=1S/C25H26F3N5O3.C8H19N/c1-32(2)22-19(14-21(34)35)23(33(3)4)31-20(30-22)13-15-5-11-18(12-6-15)29-24(36)16-7-9-17(10-8-16)25(26,27)28;1-3-5-7-9-8-6-4-2/h5-12H,13-14H2,1-4H3,(H,29,36)(H,34,35);9H,3-8H2,1-2H3. The molecule has 246 valence electrons. The lowest BCUT2D eigenvalue weighted by atomic mass is 10.1. The highest BCUT2D eigenvalue weighted by Crippen LogP contribution is 2.29. The zero-order valence-corrected chi connectivity index (χ0v) is 27.0. The molecule has 45 heavy (non-hydrogen) atoms. The minimum Gasteiger partial charge on any atom is -0.481 e. The lowest BCUT2D eigenvalue weighted by molar-refractivity contribution is -0.138. The fourth-order valence-corrected chi connectivity index (χ4v) is 4.26. The summed E-state index contributed by atoms with van der Waals surface area (Å²) in [5.74, 6) is 0.0303. The molecule has 3 rings (SSSR count). The summed E-state index contributed by atoms with van der Waals surface area (Å²) in [6, 6.07) is 10.9. The number of hydrogen-bond donors (Lipinski definition) is 3. The second-order valence-electron chi connectivity index (χ2n) is 11.0. The van der Waals surface area contributed by atoms with Crippen LogP contribution in [0.5, 0.6) is 0 Å². The van der Waals surface area contributed by atoms with E-state index in [4.69, 9.17) is 0 Å². The smallest absolute Gasteiger partial charge is 0.416 e. The molecule has 0 saturated heterocycles. The third kappa shape index (κ3) is 12.4. The third-order valence-corrected chi connectivity index (χ3v) is 6.65. The molecule has 0 bridgehead atoms. The number of carbonyl (C=O) groups is 2. The number of anilines is 3. The zero-order valence-electron chi connectivity index (χ0n) is 27.0. The van der Waals surface area contributed by atoms with E-state index in [-0.39, 0.29) is 12.0 Å². The van der Waals surface area contributed by atoms with Crippen LogP contribution in [0.1, 0.15) is 72.4 Å². The molecule has 0 unspecified atom stereocenters. The minimum atomic E-state index is -4.47. The highest BCUT2D eigenvalue weighted by molar-refractivity contribution is 6.04. The number of benzene rings is 2. The molecule has 0 spiro atoms. The first-order valence-electron chi connectivity index (χ1n) is 15.0. The van der Waals surface area contributed by atoms with Crippen LogP contribution in [-0.2, 0) is 23.8 Å². The van der Waals surface area contributed by atoms with Crippen molar-refractivity contribution in [2.24, 2.45) is 0 Å². The van der Waals surface area contributed by atoms with Crippen molar-refractivity contribution in [2.45, 2.75) is 58.5 Å². The summed E-state index contributed by atoms with van der Waals surface area (Å²) < 4.78 is 38.1. The molecule has 0 fully saturated rings. The molecule has 1 amide bonds. The number of alkyl halides is 3. The SMILES string of the molecule is CCCCNCCCC.CN(C)c1nc(Cc2ccc(NC(=O)c3ccc(C(F)(F)F)cc3)cc2)nc(N(C)C)c1CC(=O)O. The molecule has 2 aromatic carbocycles. The van der Waals surface area contributed by atoms with Crippen LogP contribution in [0.25, 0.3) is 0 Å². The summed E-state index contributed by atoms with van der Waals surface area (Å²) in [4.78, 5) is 36.4. The summed E-state index contributed by atoms with van der Waals surface area (Å²) in [5.41, 5.74) is 1.13. The Kier molecular flexibility index (Phi) is 14.8. The van der Waals surface area contributed by atoms with Gasteiger partial charge in [0.2, 0.25) is 0 Å². The Morgan fingerprint density at radius 1 is 0.822 bits per heavy atom. The van der Waals surface area contributed by atoms with Crippen molar-refractivity contribution in [1.29, 1.82) is 0 Å². The summed E-state index contributed by atoms with van der Waals surface area (Å²) >= 11 is 0. The maximum Gasteiger partial charge on any atom is 0.416 e. The number of unbranched alkanes of at least 4 members (excludes halogenated alkanes) is 2. The van der Waals surface area contributed by atoms with E-state index < -0.39 is 23.6 Å². The minimum absolute atomic E-state index is 0.106. The van der Waals surface area contributed by atoms with Gasteiger partial charge >= 0.3 is 12.1 Å². The van der Waals surface area contributed by atoms with Crippen molar-refractivity contribution in [3.05, 3.63) is 76.6 Å². The first kappa shape index (κ1) is 37.0. The second kappa shape index (κ2) is 17.9. The highest BCUT2D eigenvalue weighted by atomic mass is 19.4. The first-order chi connectivity index (χ1) is 21.3. The Bertz CT molecular complexity index is 1330. The Hall–Kier alpha value is -4.19. The number of carboxylic acid groups (broad SMARTS) is 1. The molecule has 3 aromatic rings. The van der Waals surface area contributed by atoms with Gasteiger partial charge in [-0.1, -0.05) is 38.8 Å². The quantitative estimate of drug-likeness (QED) is 0.179. The van der Waals surface area contributed by atoms with Crippen LogP contribution in [0, 0.1) is 0 Å². The van der Waals surface area contributed by atoms with Gasteiger partial charge in [0.05, 0.1) is 12.0 Å². The molecule has 1 heterocycles. The van der Waals surface area contributed by atoms with E-state index in [1.807, 2.05) is 0 Å². The Morgan fingerprint density at radius 2 is 1.33 bits per heavy atom. The summed E-state index contributed by atoms with van der Waals surface area (Å²) in [6.07, 6.45) is 0.939. The zero-order chi connectivity index (χ0) is 33.6. The van der Waals surface area contributed by atoms with E-state index in [0.717, 1.165) is 29.8 Å². The van der Waals surface area contributed by atoms with Gasteiger partial charge in [0, 0.05) is 51.4 Å². The predicted molar refractivity (Wildman–Crippen MR) is 173 cm³/mol. The number of nitrogens with zero attached hydrogens (tertiary/aromatic N) is 4. The number of amides is 1. The average Bonchev–Trinajstić information content (AvgIpc) is 2.98. The number of hydrogen-bond acceptors (Lipinski definition) is 7. The van der Waals surface area contributed by atoms with Crippen LogP contribution >= 0.6 is 0 Å². The second-order valence-corrected chi connectivity index (χ2v) is 11.0. The number of rotatable bonds is 14. The normalized spacial score (nSPS) is 11.0. The van der Waals surface area contributed by atoms with Gasteiger partial charge in [-0.25, -0.2) is 9.97 Å². The lowest BCUT2D eigenvalue weighted by Gasteiger charge is -2.22. The van der Waals surface area contributed by atoms with Gasteiger partial charge in [0.15, 0.2) is 0 Å². The number of aliphatic carboxylic acids is 1. The maximum atomic E-state index is 12.7. The van der Waals surface area contributed by atoms with Crippen LogP contribution in [0.2, 0.25) is 0 Å². The van der Waals surface area contributed by atoms with Crippen LogP contribution in [0.4, 0.5) is 30.5 Å². The fraction of sp³-hybridized carbons (Fsp3) is 0.455. The Labute approximate surface area is 263 Å². The number of carboxylic acids is 1. The van der Waals surface area contributed by atoms with Crippen LogP contribution < -0.4 is 20.4 Å². The van der Waals surface area contributed by atoms with Gasteiger partial charge < -0.3 is 25.5 Å². The van der Waals surface area contributed by atoms with Crippen molar-refractivity contribution < 1.29 is 27.9 Å². The molecule has 0 aliphatic heterocycles. The van der Waals surface area contributed by atoms with Gasteiger partial charge in [-0.3, -0.25) is 9.59 Å². The molecule has 0 aliphatic carbocycles. The third-order valence-electron chi connectivity index (χ3n) is 6.65. The molecule has 12 heteroatoms. The van der Waals surface area contributed by atoms with Crippen LogP contribution in [0.3, 0.4) is 0 Å². The lowest BCUT2D eigenvalue weighted by Crippen LogP contribution is -2.22. The molecule has 0 saturated carbocycles. The topological polar surface area (TPSA) is 111 Å². The van der Waals surface area contributed by atoms with Crippen molar-refractivity contribution >= 4 is 29.2 Å². The van der Waals surface area contributed by atoms with Gasteiger partial charge in [-0.05, 0) is 67.9 Å². The number of carbonyl (C=O) groups excluding carboxylic acids is 1. The molecule has 0 atom stereocenters. The monoisotopic (exact) mass is 630 g/mol. The predicted octanol–water partition coefficient (Wildman–Crippen LogP) is 6.27. The van der Waals surface area contributed by atoms with E-state index >= 15 is 0 Å². The van der Waals surface area contributed by atoms with Crippen molar-refractivity contribution in [3.63, 3.8) is 0 Å². The fourth-order valence-electron chi connectivity index (χ4n) is 4.26. The number of nitrogens with one attached hydrogen (secondary N) is 2. The highest BCUT2D eigenvalue weighted by Gasteiger charge is 2.30. The number of aromatic nitrogens is 2.